The van der Waals surface area contributed by atoms with E-state index in [1.54, 1.807) is 6.07 Å². The van der Waals surface area contributed by atoms with Gasteiger partial charge in [-0.15, -0.1) is 0 Å². The van der Waals surface area contributed by atoms with Gasteiger partial charge in [0, 0.05) is 12.6 Å². The van der Waals surface area contributed by atoms with Crippen molar-refractivity contribution in [2.75, 3.05) is 6.61 Å². The number of hydrogen-bond donors (Lipinski definition) is 1. The van der Waals surface area contributed by atoms with Gasteiger partial charge in [0.15, 0.2) is 12.3 Å². The number of nitrogens with one attached hydrogen (secondary N) is 1. The van der Waals surface area contributed by atoms with Crippen LogP contribution >= 0.6 is 11.6 Å². The lowest BCUT2D eigenvalue weighted by molar-refractivity contribution is -0.141. The van der Waals surface area contributed by atoms with Gasteiger partial charge in [0.1, 0.15) is 5.82 Å². The van der Waals surface area contributed by atoms with Crippen LogP contribution in [-0.2, 0) is 23.7 Å². The third-order valence-corrected chi connectivity index (χ3v) is 4.55. The molecule has 0 aliphatic carbocycles. The molecule has 1 aromatic heterocycles. The van der Waals surface area contributed by atoms with Crippen molar-refractivity contribution in [3.05, 3.63) is 76.2 Å². The lowest BCUT2D eigenvalue weighted by Crippen LogP contribution is -2.28. The molecule has 13 heteroatoms. The van der Waals surface area contributed by atoms with Gasteiger partial charge in [-0.05, 0) is 29.8 Å². The summed E-state index contributed by atoms with van der Waals surface area (Å²) in [4.78, 5) is 12.0. The van der Waals surface area contributed by atoms with Crippen molar-refractivity contribution in [3.63, 3.8) is 0 Å². The molecule has 1 heterocycles. The molecule has 0 saturated carbocycles. The zero-order chi connectivity index (χ0) is 24.4. The Kier molecular flexibility index (Phi) is 6.86. The minimum atomic E-state index is -4.86. The second kappa shape index (κ2) is 9.30. The van der Waals surface area contributed by atoms with Crippen LogP contribution in [-0.4, -0.2) is 22.3 Å². The molecule has 0 bridgehead atoms. The Morgan fingerprint density at radius 2 is 1.73 bits per heavy atom. The Morgan fingerprint density at radius 1 is 1.03 bits per heavy atom. The number of aromatic nitrogens is 2. The van der Waals surface area contributed by atoms with E-state index in [1.807, 2.05) is 0 Å². The number of nitrogens with zero attached hydrogens (tertiary/aromatic N) is 2. The summed E-state index contributed by atoms with van der Waals surface area (Å²) in [5.41, 5.74) is -2.62. The smallest absolute Gasteiger partial charge is 0.435 e. The number of para-hydroxylation sites is 1. The van der Waals surface area contributed by atoms with Gasteiger partial charge in [0.05, 0.1) is 16.3 Å². The van der Waals surface area contributed by atoms with Gasteiger partial charge in [-0.2, -0.15) is 36.1 Å². The maximum atomic E-state index is 13.6. The molecular formula is C20H13ClF7N3O2. The van der Waals surface area contributed by atoms with Crippen LogP contribution in [0.5, 0.6) is 5.88 Å². The predicted molar refractivity (Wildman–Crippen MR) is 102 cm³/mol. The van der Waals surface area contributed by atoms with Gasteiger partial charge >= 0.3 is 12.4 Å². The molecule has 3 rings (SSSR count). The molecule has 1 amide bonds. The lowest BCUT2D eigenvalue weighted by atomic mass is 10.1. The number of amides is 1. The molecule has 1 N–H and O–H groups in total. The number of benzene rings is 2. The Bertz CT molecular complexity index is 1160. The quantitative estimate of drug-likeness (QED) is 0.466. The van der Waals surface area contributed by atoms with Crippen LogP contribution in [0.2, 0.25) is 5.02 Å². The number of rotatable bonds is 6. The van der Waals surface area contributed by atoms with E-state index in [-0.39, 0.29) is 22.8 Å². The second-order valence-electron chi connectivity index (χ2n) is 6.61. The summed E-state index contributed by atoms with van der Waals surface area (Å²) in [6, 6.07) is 8.60. The first-order chi connectivity index (χ1) is 15.4. The standard InChI is InChI=1S/C20H13ClF7N3O2/c21-13-3-1-2-4-15(13)31-18(8-16(30-31)20(26,27)28)33-10-17(32)29-9-11-5-6-12(14(22)7-11)19(23,24)25/h1-8H,9-10H2,(H,29,32). The van der Waals surface area contributed by atoms with Crippen LogP contribution in [0.25, 0.3) is 5.69 Å². The topological polar surface area (TPSA) is 56.1 Å². The molecule has 33 heavy (non-hydrogen) atoms. The van der Waals surface area contributed by atoms with Gasteiger partial charge in [0.25, 0.3) is 5.91 Å². The van der Waals surface area contributed by atoms with Crippen LogP contribution in [0, 0.1) is 5.82 Å². The first kappa shape index (κ1) is 24.4. The van der Waals surface area contributed by atoms with Gasteiger partial charge < -0.3 is 10.1 Å². The van der Waals surface area contributed by atoms with E-state index < -0.39 is 47.8 Å². The summed E-state index contributed by atoms with van der Waals surface area (Å²) in [6.07, 6.45) is -9.65. The number of halogens is 8. The molecule has 0 unspecified atom stereocenters. The van der Waals surface area contributed by atoms with E-state index in [0.29, 0.717) is 18.2 Å². The van der Waals surface area contributed by atoms with Crippen molar-refractivity contribution in [1.82, 2.24) is 15.1 Å². The normalized spacial score (nSPS) is 12.0. The molecule has 0 aliphatic heterocycles. The fraction of sp³-hybridized carbons (Fsp3) is 0.200. The van der Waals surface area contributed by atoms with Crippen molar-refractivity contribution in [2.24, 2.45) is 0 Å². The van der Waals surface area contributed by atoms with Crippen molar-refractivity contribution < 1.29 is 40.3 Å². The zero-order valence-electron chi connectivity index (χ0n) is 16.3. The van der Waals surface area contributed by atoms with Crippen LogP contribution < -0.4 is 10.1 Å². The molecule has 0 saturated heterocycles. The fourth-order valence-electron chi connectivity index (χ4n) is 2.69. The molecule has 0 radical (unpaired) electrons. The first-order valence-corrected chi connectivity index (χ1v) is 9.41. The van der Waals surface area contributed by atoms with Gasteiger partial charge in [-0.25, -0.2) is 4.39 Å². The zero-order valence-corrected chi connectivity index (χ0v) is 17.0. The molecule has 3 aromatic rings. The third-order valence-electron chi connectivity index (χ3n) is 4.23. The van der Waals surface area contributed by atoms with E-state index >= 15 is 0 Å². The highest BCUT2D eigenvalue weighted by Crippen LogP contribution is 2.34. The Morgan fingerprint density at radius 3 is 2.33 bits per heavy atom. The van der Waals surface area contributed by atoms with E-state index in [9.17, 15) is 35.5 Å². The van der Waals surface area contributed by atoms with E-state index in [4.69, 9.17) is 16.3 Å². The summed E-state index contributed by atoms with van der Waals surface area (Å²) < 4.78 is 96.6. The van der Waals surface area contributed by atoms with Crippen molar-refractivity contribution in [1.29, 1.82) is 0 Å². The molecule has 176 valence electrons. The summed E-state index contributed by atoms with van der Waals surface area (Å²) in [5.74, 6) is -2.75. The first-order valence-electron chi connectivity index (χ1n) is 9.03. The summed E-state index contributed by atoms with van der Waals surface area (Å²) in [5, 5.41) is 5.79. The molecular weight excluding hydrogens is 483 g/mol. The Hall–Kier alpha value is -3.28. The van der Waals surface area contributed by atoms with Crippen molar-refractivity contribution in [2.45, 2.75) is 18.9 Å². The van der Waals surface area contributed by atoms with E-state index in [1.165, 1.54) is 18.2 Å². The molecule has 0 aliphatic rings. The number of carbonyl (C=O) groups excluding carboxylic acids is 1. The monoisotopic (exact) mass is 495 g/mol. The largest absolute Gasteiger partial charge is 0.467 e. The average Bonchev–Trinajstić information content (AvgIpc) is 3.14. The SMILES string of the molecule is O=C(COc1cc(C(F)(F)F)nn1-c1ccccc1Cl)NCc1ccc(C(F)(F)F)c(F)c1. The molecule has 0 atom stereocenters. The van der Waals surface area contributed by atoms with Gasteiger partial charge in [-0.3, -0.25) is 4.79 Å². The van der Waals surface area contributed by atoms with Gasteiger partial charge in [0.2, 0.25) is 5.88 Å². The highest BCUT2D eigenvalue weighted by Gasteiger charge is 2.36. The van der Waals surface area contributed by atoms with Crippen LogP contribution in [0.15, 0.2) is 48.5 Å². The van der Waals surface area contributed by atoms with Crippen molar-refractivity contribution in [3.8, 4) is 11.6 Å². The molecule has 0 spiro atoms. The third kappa shape index (κ3) is 5.95. The summed E-state index contributed by atoms with van der Waals surface area (Å²) >= 11 is 6.01. The predicted octanol–water partition coefficient (Wildman–Crippen LogP) is 5.40. The number of alkyl halides is 6. The highest BCUT2D eigenvalue weighted by molar-refractivity contribution is 6.32. The highest BCUT2D eigenvalue weighted by atomic mass is 35.5. The average molecular weight is 496 g/mol. The van der Waals surface area contributed by atoms with E-state index in [2.05, 4.69) is 10.4 Å². The summed E-state index contributed by atoms with van der Waals surface area (Å²) in [7, 11) is 0. The number of hydrogen-bond acceptors (Lipinski definition) is 3. The van der Waals surface area contributed by atoms with Gasteiger partial charge in [-0.1, -0.05) is 29.8 Å². The lowest BCUT2D eigenvalue weighted by Gasteiger charge is -2.11. The van der Waals surface area contributed by atoms with Crippen molar-refractivity contribution >= 4 is 17.5 Å². The maximum absolute atomic E-state index is 13.6. The van der Waals surface area contributed by atoms with Crippen LogP contribution in [0.3, 0.4) is 0 Å². The molecule has 2 aromatic carbocycles. The minimum Gasteiger partial charge on any atom is -0.467 e. The fourth-order valence-corrected chi connectivity index (χ4v) is 2.91. The van der Waals surface area contributed by atoms with Crippen LogP contribution in [0.1, 0.15) is 16.8 Å². The Balaban J connectivity index is 1.69. The van der Waals surface area contributed by atoms with Crippen LogP contribution in [0.4, 0.5) is 30.7 Å². The summed E-state index contributed by atoms with van der Waals surface area (Å²) in [6.45, 7) is -1.09. The molecule has 0 fully saturated rings. The second-order valence-corrected chi connectivity index (χ2v) is 7.01. The number of carbonyl (C=O) groups is 1. The minimum absolute atomic E-state index is 0.0364. The Labute approximate surface area is 186 Å². The maximum Gasteiger partial charge on any atom is 0.435 e. The number of ether oxygens (including phenoxy) is 1. The molecule has 5 nitrogen and oxygen atoms in total. The van der Waals surface area contributed by atoms with E-state index in [0.717, 1.165) is 10.7 Å².